The molecule has 0 bridgehead atoms. The third-order valence-corrected chi connectivity index (χ3v) is 4.01. The lowest BCUT2D eigenvalue weighted by Gasteiger charge is -1.99. The van der Waals surface area contributed by atoms with E-state index in [-0.39, 0.29) is 0 Å². The van der Waals surface area contributed by atoms with Crippen molar-refractivity contribution in [2.24, 2.45) is 0 Å². The van der Waals surface area contributed by atoms with Crippen LogP contribution in [0.15, 0.2) is 11.9 Å². The summed E-state index contributed by atoms with van der Waals surface area (Å²) < 4.78 is 0. The van der Waals surface area contributed by atoms with Crippen LogP contribution in [0.4, 0.5) is 0 Å². The van der Waals surface area contributed by atoms with E-state index in [1.807, 2.05) is 0 Å². The van der Waals surface area contributed by atoms with Crippen LogP contribution >= 0.6 is 17.4 Å². The van der Waals surface area contributed by atoms with E-state index < -0.39 is 0 Å². The van der Waals surface area contributed by atoms with Crippen LogP contribution in [0.3, 0.4) is 0 Å². The summed E-state index contributed by atoms with van der Waals surface area (Å²) >= 11 is 0. The Hall–Kier alpha value is 0.210. The first-order valence-corrected chi connectivity index (χ1v) is 6.41. The number of unbranched alkanes of at least 4 members (excludes halogenated alkanes) is 3. The summed E-state index contributed by atoms with van der Waals surface area (Å²) in [7, 11) is 3.80. The average molecular weight is 200 g/mol. The largest absolute Gasteiger partial charge is 0.132 e. The maximum absolute atomic E-state index is 2.86. The summed E-state index contributed by atoms with van der Waals surface area (Å²) in [6.45, 7) is 2.26. The normalized spacial score (nSPS) is 11.2. The molecule has 1 aromatic heterocycles. The molecular weight excluding hydrogens is 182 g/mol. The van der Waals surface area contributed by atoms with Crippen molar-refractivity contribution in [2.75, 3.05) is 0 Å². The predicted octanol–water partition coefficient (Wildman–Crippen LogP) is 3.34. The van der Waals surface area contributed by atoms with Crippen molar-refractivity contribution in [3.63, 3.8) is 0 Å². The molecule has 0 saturated heterocycles. The second-order valence-corrected chi connectivity index (χ2v) is 5.54. The molecule has 1 heterocycles. The summed E-state index contributed by atoms with van der Waals surface area (Å²) in [4.78, 5) is 0. The molecule has 0 aliphatic heterocycles. The van der Waals surface area contributed by atoms with E-state index in [9.17, 15) is 0 Å². The topological polar surface area (TPSA) is 0 Å². The lowest BCUT2D eigenvalue weighted by Crippen LogP contribution is -1.92. The van der Waals surface area contributed by atoms with E-state index in [1.165, 1.54) is 37.1 Å². The van der Waals surface area contributed by atoms with Gasteiger partial charge in [0.05, 0.1) is 0 Å². The zero-order chi connectivity index (χ0) is 8.81. The predicted molar refractivity (Wildman–Crippen MR) is 63.1 cm³/mol. The van der Waals surface area contributed by atoms with Gasteiger partial charge >= 0.3 is 0 Å². The van der Waals surface area contributed by atoms with E-state index in [4.69, 9.17) is 0 Å². The molecule has 0 aromatic carbocycles. The number of aryl methyl sites for hydroxylation is 1. The van der Waals surface area contributed by atoms with Gasteiger partial charge in [-0.2, -0.15) is 0 Å². The molecule has 2 unspecified atom stereocenters. The van der Waals surface area contributed by atoms with Gasteiger partial charge in [0.1, 0.15) is 0 Å². The molecular formula is C10H18P2. The fraction of sp³-hybridized carbons (Fsp3) is 0.600. The number of hydrogen-bond acceptors (Lipinski definition) is 0. The van der Waals surface area contributed by atoms with E-state index >= 15 is 0 Å². The summed E-state index contributed by atoms with van der Waals surface area (Å²) in [6, 6.07) is 2.30. The monoisotopic (exact) mass is 200 g/mol. The molecule has 1 aromatic rings. The van der Waals surface area contributed by atoms with Gasteiger partial charge in [-0.25, -0.2) is 0 Å². The summed E-state index contributed by atoms with van der Waals surface area (Å²) in [5.74, 6) is 2.29. The Labute approximate surface area is 79.4 Å². The molecule has 12 heavy (non-hydrogen) atoms. The first-order valence-electron chi connectivity index (χ1n) is 4.76. The minimum absolute atomic E-state index is 0.937. The molecule has 0 spiro atoms. The van der Waals surface area contributed by atoms with Gasteiger partial charge in [0.2, 0.25) is 0 Å². The van der Waals surface area contributed by atoms with Gasteiger partial charge in [0, 0.05) is 0 Å². The van der Waals surface area contributed by atoms with Gasteiger partial charge in [0.15, 0.2) is 0 Å². The molecule has 0 N–H and O–H groups in total. The second-order valence-electron chi connectivity index (χ2n) is 3.23. The molecule has 0 aliphatic rings. The fourth-order valence-electron chi connectivity index (χ4n) is 1.37. The molecule has 68 valence electrons. The second kappa shape index (κ2) is 5.79. The van der Waals surface area contributed by atoms with Gasteiger partial charge in [-0.1, -0.05) is 32.3 Å². The van der Waals surface area contributed by atoms with Crippen molar-refractivity contribution in [2.45, 2.75) is 39.0 Å². The highest BCUT2D eigenvalue weighted by atomic mass is 31.1. The minimum atomic E-state index is 0.937. The molecule has 2 atom stereocenters. The van der Waals surface area contributed by atoms with Crippen molar-refractivity contribution in [3.8, 4) is 0 Å². The lowest BCUT2D eigenvalue weighted by molar-refractivity contribution is 0.668. The SMILES string of the molecule is CCCCCCc1cc[pH]c1P. The maximum Gasteiger partial charge on any atom is -0.0108 e. The van der Waals surface area contributed by atoms with Crippen LogP contribution in [-0.2, 0) is 6.42 Å². The molecule has 2 heteroatoms. The Kier molecular flexibility index (Phi) is 4.96. The van der Waals surface area contributed by atoms with Crippen molar-refractivity contribution in [1.82, 2.24) is 0 Å². The van der Waals surface area contributed by atoms with E-state index in [2.05, 4.69) is 28.0 Å². The quantitative estimate of drug-likeness (QED) is 0.505. The first-order chi connectivity index (χ1) is 5.84. The Morgan fingerprint density at radius 2 is 2.17 bits per heavy atom. The van der Waals surface area contributed by atoms with Crippen LogP contribution in [0, 0.1) is 0 Å². The van der Waals surface area contributed by atoms with Crippen molar-refractivity contribution >= 4 is 22.5 Å². The fourth-order valence-corrected chi connectivity index (χ4v) is 2.76. The summed E-state index contributed by atoms with van der Waals surface area (Å²) in [6.07, 6.45) is 6.79. The molecule has 1 rings (SSSR count). The van der Waals surface area contributed by atoms with Gasteiger partial charge in [-0.15, -0.1) is 17.4 Å². The maximum atomic E-state index is 2.86. The van der Waals surface area contributed by atoms with Crippen LogP contribution in [0.25, 0.3) is 0 Å². The van der Waals surface area contributed by atoms with Crippen molar-refractivity contribution in [3.05, 3.63) is 17.4 Å². The number of hydrogen-bond donors (Lipinski definition) is 0. The Bertz CT molecular complexity index is 215. The highest BCUT2D eigenvalue weighted by Gasteiger charge is 1.97. The molecule has 0 radical (unpaired) electrons. The number of rotatable bonds is 5. The van der Waals surface area contributed by atoms with E-state index in [1.54, 1.807) is 5.56 Å². The van der Waals surface area contributed by atoms with Crippen molar-refractivity contribution < 1.29 is 0 Å². The smallest absolute Gasteiger partial charge is 0.0108 e. The standard InChI is InChI=1S/C10H18P2/c1-2-3-4-5-6-9-7-8-12-10(9)11/h7-8,12H,2-6,11H2,1H3. The zero-order valence-corrected chi connectivity index (χ0v) is 9.92. The molecule has 0 amide bonds. The third-order valence-electron chi connectivity index (χ3n) is 2.17. The van der Waals surface area contributed by atoms with Crippen molar-refractivity contribution in [1.29, 1.82) is 0 Å². The summed E-state index contributed by atoms with van der Waals surface area (Å²) in [5, 5.41) is 1.53. The van der Waals surface area contributed by atoms with Crippen LogP contribution in [-0.4, -0.2) is 0 Å². The zero-order valence-electron chi connectivity index (χ0n) is 7.77. The van der Waals surface area contributed by atoms with Gasteiger partial charge in [-0.3, -0.25) is 0 Å². The molecule has 0 aliphatic carbocycles. The van der Waals surface area contributed by atoms with Crippen LogP contribution < -0.4 is 5.04 Å². The third kappa shape index (κ3) is 3.30. The first kappa shape index (κ1) is 10.3. The van der Waals surface area contributed by atoms with Crippen LogP contribution in [0.5, 0.6) is 0 Å². The van der Waals surface area contributed by atoms with Crippen LogP contribution in [0.1, 0.15) is 38.2 Å². The Morgan fingerprint density at radius 3 is 2.75 bits per heavy atom. The average Bonchev–Trinajstić information content (AvgIpc) is 2.46. The Morgan fingerprint density at radius 1 is 1.33 bits per heavy atom. The Balaban J connectivity index is 2.20. The lowest BCUT2D eigenvalue weighted by atomic mass is 10.1. The van der Waals surface area contributed by atoms with Crippen LogP contribution in [0.2, 0.25) is 0 Å². The molecule has 0 fully saturated rings. The van der Waals surface area contributed by atoms with Gasteiger partial charge < -0.3 is 0 Å². The molecule has 0 saturated carbocycles. The highest BCUT2D eigenvalue weighted by molar-refractivity contribution is 7.51. The summed E-state index contributed by atoms with van der Waals surface area (Å²) in [5.41, 5.74) is 1.58. The molecule has 0 nitrogen and oxygen atoms in total. The van der Waals surface area contributed by atoms with Gasteiger partial charge in [0.25, 0.3) is 0 Å². The van der Waals surface area contributed by atoms with E-state index in [0.717, 1.165) is 8.19 Å². The van der Waals surface area contributed by atoms with E-state index in [0.29, 0.717) is 0 Å². The van der Waals surface area contributed by atoms with Gasteiger partial charge in [-0.05, 0) is 29.2 Å². The minimum Gasteiger partial charge on any atom is -0.132 e. The highest BCUT2D eigenvalue weighted by Crippen LogP contribution is 2.15.